The molecule has 0 rings (SSSR count). The molecule has 0 atom stereocenters. The molecule has 0 aliphatic heterocycles. The molecule has 88 valence electrons. The molecule has 4 nitrogen and oxygen atoms in total. The normalized spacial score (nSPS) is 12.0. The van der Waals surface area contributed by atoms with Crippen LogP contribution in [0.5, 0.6) is 0 Å². The second kappa shape index (κ2) is 7.24. The number of alkyl halides is 3. The summed E-state index contributed by atoms with van der Waals surface area (Å²) in [5, 5.41) is 0. The van der Waals surface area contributed by atoms with E-state index < -0.39 is 18.8 Å². The molecule has 0 bridgehead atoms. The maximum absolute atomic E-state index is 11.5. The van der Waals surface area contributed by atoms with Crippen LogP contribution in [0.3, 0.4) is 0 Å². The first-order valence-corrected chi connectivity index (χ1v) is 4.20. The molecule has 0 spiro atoms. The molecule has 0 fully saturated rings. The van der Waals surface area contributed by atoms with E-state index in [0.717, 1.165) is 6.08 Å². The van der Waals surface area contributed by atoms with E-state index in [2.05, 4.69) is 9.57 Å². The molecule has 0 aliphatic rings. The standard InChI is InChI=1S/C8H12F3NO3/c1-2-14-7(13)4-3-5-12-15-6-8(9,10)11/h3-4,12H,2,5-6H2,1H3/b4-3+. The third kappa shape index (κ3) is 10.8. The lowest BCUT2D eigenvalue weighted by molar-refractivity contribution is -0.188. The number of ether oxygens (including phenoxy) is 1. The minimum Gasteiger partial charge on any atom is -0.463 e. The highest BCUT2D eigenvalue weighted by atomic mass is 19.4. The van der Waals surface area contributed by atoms with Crippen molar-refractivity contribution >= 4 is 5.97 Å². The fraction of sp³-hybridized carbons (Fsp3) is 0.625. The molecule has 0 radical (unpaired) electrons. The summed E-state index contributed by atoms with van der Waals surface area (Å²) in [6, 6.07) is 0. The van der Waals surface area contributed by atoms with E-state index in [1.54, 1.807) is 6.92 Å². The van der Waals surface area contributed by atoms with E-state index in [0.29, 0.717) is 0 Å². The lowest BCUT2D eigenvalue weighted by Crippen LogP contribution is -2.24. The Labute approximate surface area is 85.0 Å². The molecule has 0 heterocycles. The summed E-state index contributed by atoms with van der Waals surface area (Å²) < 4.78 is 39.1. The van der Waals surface area contributed by atoms with Gasteiger partial charge in [-0.25, -0.2) is 4.79 Å². The van der Waals surface area contributed by atoms with Crippen molar-refractivity contribution in [2.24, 2.45) is 0 Å². The number of nitrogens with one attached hydrogen (secondary N) is 1. The number of carbonyl (C=O) groups is 1. The zero-order valence-electron chi connectivity index (χ0n) is 8.13. The van der Waals surface area contributed by atoms with Gasteiger partial charge >= 0.3 is 12.1 Å². The SMILES string of the molecule is CCOC(=O)/C=C/CNOCC(F)(F)F. The summed E-state index contributed by atoms with van der Waals surface area (Å²) in [4.78, 5) is 14.7. The number of hydrogen-bond acceptors (Lipinski definition) is 4. The summed E-state index contributed by atoms with van der Waals surface area (Å²) in [6.07, 6.45) is -1.96. The van der Waals surface area contributed by atoms with Crippen molar-refractivity contribution in [3.05, 3.63) is 12.2 Å². The van der Waals surface area contributed by atoms with Crippen molar-refractivity contribution in [1.82, 2.24) is 5.48 Å². The Hall–Kier alpha value is -1.08. The topological polar surface area (TPSA) is 47.6 Å². The van der Waals surface area contributed by atoms with Crippen molar-refractivity contribution in [3.8, 4) is 0 Å². The summed E-state index contributed by atoms with van der Waals surface area (Å²) in [5.74, 6) is -0.546. The Bertz CT molecular complexity index is 216. The number of halogens is 3. The van der Waals surface area contributed by atoms with E-state index in [4.69, 9.17) is 0 Å². The van der Waals surface area contributed by atoms with Crippen LogP contribution >= 0.6 is 0 Å². The molecular weight excluding hydrogens is 215 g/mol. The molecule has 0 aromatic carbocycles. The zero-order valence-corrected chi connectivity index (χ0v) is 8.13. The van der Waals surface area contributed by atoms with Crippen LogP contribution in [0.1, 0.15) is 6.92 Å². The van der Waals surface area contributed by atoms with Crippen LogP contribution in [-0.2, 0) is 14.4 Å². The average molecular weight is 227 g/mol. The average Bonchev–Trinajstić information content (AvgIpc) is 2.09. The smallest absolute Gasteiger partial charge is 0.413 e. The third-order valence-electron chi connectivity index (χ3n) is 1.08. The van der Waals surface area contributed by atoms with Crippen molar-refractivity contribution < 1.29 is 27.5 Å². The van der Waals surface area contributed by atoms with Crippen molar-refractivity contribution in [3.63, 3.8) is 0 Å². The van der Waals surface area contributed by atoms with Gasteiger partial charge in [-0.05, 0) is 6.92 Å². The van der Waals surface area contributed by atoms with Crippen LogP contribution in [0.2, 0.25) is 0 Å². The number of hydroxylamine groups is 1. The van der Waals surface area contributed by atoms with Gasteiger partial charge in [0.2, 0.25) is 0 Å². The molecule has 0 aromatic rings. The summed E-state index contributed by atoms with van der Waals surface area (Å²) >= 11 is 0. The fourth-order valence-electron chi connectivity index (χ4n) is 0.585. The second-order valence-electron chi connectivity index (χ2n) is 2.41. The van der Waals surface area contributed by atoms with Crippen LogP contribution in [0, 0.1) is 0 Å². The first kappa shape index (κ1) is 13.9. The molecule has 0 aliphatic carbocycles. The minimum atomic E-state index is -4.36. The monoisotopic (exact) mass is 227 g/mol. The van der Waals surface area contributed by atoms with Gasteiger partial charge in [-0.15, -0.1) is 0 Å². The van der Waals surface area contributed by atoms with E-state index in [9.17, 15) is 18.0 Å². The summed E-state index contributed by atoms with van der Waals surface area (Å²) in [6.45, 7) is 0.521. The Morgan fingerprint density at radius 1 is 1.47 bits per heavy atom. The molecule has 15 heavy (non-hydrogen) atoms. The van der Waals surface area contributed by atoms with Gasteiger partial charge in [-0.2, -0.15) is 18.7 Å². The lowest BCUT2D eigenvalue weighted by atomic mass is 10.5. The van der Waals surface area contributed by atoms with E-state index in [-0.39, 0.29) is 13.2 Å². The minimum absolute atomic E-state index is 0.00507. The van der Waals surface area contributed by atoms with Gasteiger partial charge in [0.25, 0.3) is 0 Å². The summed E-state index contributed by atoms with van der Waals surface area (Å²) in [5.41, 5.74) is 2.02. The van der Waals surface area contributed by atoms with Crippen LogP contribution in [0.15, 0.2) is 12.2 Å². The Morgan fingerprint density at radius 2 is 2.13 bits per heavy atom. The molecule has 0 unspecified atom stereocenters. The Balaban J connectivity index is 3.42. The van der Waals surface area contributed by atoms with E-state index >= 15 is 0 Å². The highest BCUT2D eigenvalue weighted by molar-refractivity contribution is 5.81. The maximum Gasteiger partial charge on any atom is 0.413 e. The van der Waals surface area contributed by atoms with Crippen LogP contribution in [-0.4, -0.2) is 31.9 Å². The molecule has 0 aromatic heterocycles. The Kier molecular flexibility index (Phi) is 6.72. The van der Waals surface area contributed by atoms with Gasteiger partial charge in [0.15, 0.2) is 6.61 Å². The highest BCUT2D eigenvalue weighted by Gasteiger charge is 2.27. The third-order valence-corrected chi connectivity index (χ3v) is 1.08. The molecular formula is C8H12F3NO3. The number of rotatable bonds is 6. The van der Waals surface area contributed by atoms with E-state index in [1.807, 2.05) is 5.48 Å². The Morgan fingerprint density at radius 3 is 2.67 bits per heavy atom. The van der Waals surface area contributed by atoms with Crippen molar-refractivity contribution in [1.29, 1.82) is 0 Å². The van der Waals surface area contributed by atoms with Gasteiger partial charge in [0, 0.05) is 12.6 Å². The highest BCUT2D eigenvalue weighted by Crippen LogP contribution is 2.13. The molecule has 0 saturated heterocycles. The van der Waals surface area contributed by atoms with Gasteiger partial charge in [-0.1, -0.05) is 6.08 Å². The first-order chi connectivity index (χ1) is 6.95. The van der Waals surface area contributed by atoms with Gasteiger partial charge in [0.05, 0.1) is 6.61 Å². The lowest BCUT2D eigenvalue weighted by Gasteiger charge is -2.06. The molecule has 0 saturated carbocycles. The van der Waals surface area contributed by atoms with Crippen LogP contribution in [0.4, 0.5) is 13.2 Å². The van der Waals surface area contributed by atoms with Crippen LogP contribution in [0.25, 0.3) is 0 Å². The second-order valence-corrected chi connectivity index (χ2v) is 2.41. The first-order valence-electron chi connectivity index (χ1n) is 4.20. The van der Waals surface area contributed by atoms with Crippen molar-refractivity contribution in [2.75, 3.05) is 19.8 Å². The van der Waals surface area contributed by atoms with E-state index in [1.165, 1.54) is 6.08 Å². The van der Waals surface area contributed by atoms with Gasteiger partial charge < -0.3 is 4.74 Å². The predicted octanol–water partition coefficient (Wildman–Crippen LogP) is 1.19. The molecule has 0 amide bonds. The number of esters is 1. The van der Waals surface area contributed by atoms with Gasteiger partial charge in [-0.3, -0.25) is 4.84 Å². The maximum atomic E-state index is 11.5. The number of hydrogen-bond donors (Lipinski definition) is 1. The predicted molar refractivity (Wildman–Crippen MR) is 45.8 cm³/mol. The summed E-state index contributed by atoms with van der Waals surface area (Å²) in [7, 11) is 0. The van der Waals surface area contributed by atoms with Crippen LogP contribution < -0.4 is 5.48 Å². The zero-order chi connectivity index (χ0) is 11.7. The van der Waals surface area contributed by atoms with Crippen molar-refractivity contribution in [2.45, 2.75) is 13.1 Å². The number of carbonyl (C=O) groups excluding carboxylic acids is 1. The quantitative estimate of drug-likeness (QED) is 0.320. The molecule has 7 heteroatoms. The fourth-order valence-corrected chi connectivity index (χ4v) is 0.585. The largest absolute Gasteiger partial charge is 0.463 e. The molecule has 1 N–H and O–H groups in total. The van der Waals surface area contributed by atoms with Gasteiger partial charge in [0.1, 0.15) is 0 Å².